The maximum Gasteiger partial charge on any atom is 0.191 e. The Bertz CT molecular complexity index is 764. The minimum Gasteiger partial charge on any atom is -0.356 e. The molecule has 3 rings (SSSR count). The van der Waals surface area contributed by atoms with Crippen molar-refractivity contribution in [1.29, 1.82) is 0 Å². The number of hydrogen-bond acceptors (Lipinski definition) is 4. The van der Waals surface area contributed by atoms with Crippen LogP contribution in [0.25, 0.3) is 0 Å². The molecule has 1 atom stereocenters. The first-order valence-corrected chi connectivity index (χ1v) is 9.47. The van der Waals surface area contributed by atoms with Crippen LogP contribution in [0, 0.1) is 12.7 Å². The van der Waals surface area contributed by atoms with Gasteiger partial charge in [0.15, 0.2) is 17.6 Å². The zero-order chi connectivity index (χ0) is 19.1. The Morgan fingerprint density at radius 1 is 1.32 bits per heavy atom. The Kier molecular flexibility index (Phi) is 8.94. The average Bonchev–Trinajstić information content (AvgIpc) is 3.30. The van der Waals surface area contributed by atoms with Crippen molar-refractivity contribution in [3.05, 3.63) is 42.4 Å². The van der Waals surface area contributed by atoms with E-state index in [2.05, 4.69) is 30.2 Å². The largest absolute Gasteiger partial charge is 0.356 e. The Morgan fingerprint density at radius 3 is 2.89 bits per heavy atom. The molecule has 0 amide bonds. The Morgan fingerprint density at radius 2 is 2.18 bits per heavy atom. The SMILES string of the molecule is CN=C(NCCCCn1ccnc1C)NC1CCN(c2ncccc2F)C1.I. The van der Waals surface area contributed by atoms with Crippen LogP contribution < -0.4 is 15.5 Å². The lowest BCUT2D eigenvalue weighted by Gasteiger charge is -2.20. The van der Waals surface area contributed by atoms with E-state index in [0.717, 1.165) is 50.7 Å². The lowest BCUT2D eigenvalue weighted by Crippen LogP contribution is -2.45. The highest BCUT2D eigenvalue weighted by Gasteiger charge is 2.25. The molecule has 28 heavy (non-hydrogen) atoms. The fourth-order valence-electron chi connectivity index (χ4n) is 3.32. The molecule has 1 unspecified atom stereocenters. The van der Waals surface area contributed by atoms with Gasteiger partial charge in [0.05, 0.1) is 0 Å². The van der Waals surface area contributed by atoms with Gasteiger partial charge in [-0.1, -0.05) is 0 Å². The number of unbranched alkanes of at least 4 members (excludes halogenated alkanes) is 1. The molecule has 1 aliphatic heterocycles. The first-order chi connectivity index (χ1) is 13.2. The Labute approximate surface area is 182 Å². The van der Waals surface area contributed by atoms with E-state index in [-0.39, 0.29) is 35.8 Å². The maximum atomic E-state index is 13.9. The second kappa shape index (κ2) is 11.2. The van der Waals surface area contributed by atoms with Crippen molar-refractivity contribution in [1.82, 2.24) is 25.2 Å². The molecule has 0 radical (unpaired) electrons. The minimum atomic E-state index is -0.270. The molecule has 2 N–H and O–H groups in total. The lowest BCUT2D eigenvalue weighted by atomic mass is 10.2. The van der Waals surface area contributed by atoms with E-state index in [1.54, 1.807) is 19.3 Å². The number of pyridine rings is 1. The van der Waals surface area contributed by atoms with Crippen molar-refractivity contribution >= 4 is 35.8 Å². The number of imidazole rings is 1. The summed E-state index contributed by atoms with van der Waals surface area (Å²) < 4.78 is 16.1. The van der Waals surface area contributed by atoms with E-state index in [9.17, 15) is 4.39 Å². The molecule has 0 saturated carbocycles. The molecule has 0 aromatic carbocycles. The molecule has 1 saturated heterocycles. The molecule has 0 spiro atoms. The summed E-state index contributed by atoms with van der Waals surface area (Å²) in [6, 6.07) is 3.30. The van der Waals surface area contributed by atoms with Crippen molar-refractivity contribution in [2.24, 2.45) is 4.99 Å². The van der Waals surface area contributed by atoms with Gasteiger partial charge in [-0.3, -0.25) is 4.99 Å². The monoisotopic (exact) mass is 501 g/mol. The van der Waals surface area contributed by atoms with Gasteiger partial charge in [0, 0.05) is 57.9 Å². The van der Waals surface area contributed by atoms with Gasteiger partial charge in [-0.2, -0.15) is 0 Å². The van der Waals surface area contributed by atoms with Crippen LogP contribution in [0.15, 0.2) is 35.7 Å². The third-order valence-electron chi connectivity index (χ3n) is 4.83. The summed E-state index contributed by atoms with van der Waals surface area (Å²) in [6.07, 6.45) is 8.54. The molecular formula is C19H29FIN7. The lowest BCUT2D eigenvalue weighted by molar-refractivity contribution is 0.582. The topological polar surface area (TPSA) is 70.4 Å². The number of halogens is 2. The molecule has 3 heterocycles. The highest BCUT2D eigenvalue weighted by molar-refractivity contribution is 14.0. The molecule has 7 nitrogen and oxygen atoms in total. The second-order valence-corrected chi connectivity index (χ2v) is 6.76. The number of guanidine groups is 1. The first-order valence-electron chi connectivity index (χ1n) is 9.47. The molecule has 9 heteroatoms. The van der Waals surface area contributed by atoms with Gasteiger partial charge in [-0.05, 0) is 38.3 Å². The Hall–Kier alpha value is -1.91. The number of anilines is 1. The van der Waals surface area contributed by atoms with Gasteiger partial charge in [-0.15, -0.1) is 24.0 Å². The third-order valence-corrected chi connectivity index (χ3v) is 4.83. The van der Waals surface area contributed by atoms with Gasteiger partial charge < -0.3 is 20.1 Å². The summed E-state index contributed by atoms with van der Waals surface area (Å²) in [7, 11) is 1.77. The van der Waals surface area contributed by atoms with E-state index in [1.165, 1.54) is 6.07 Å². The molecule has 0 bridgehead atoms. The molecule has 2 aromatic heterocycles. The quantitative estimate of drug-likeness (QED) is 0.264. The van der Waals surface area contributed by atoms with Crippen LogP contribution in [0.2, 0.25) is 0 Å². The number of aromatic nitrogens is 3. The molecule has 1 aliphatic rings. The van der Waals surface area contributed by atoms with Gasteiger partial charge in [0.2, 0.25) is 0 Å². The van der Waals surface area contributed by atoms with E-state index in [0.29, 0.717) is 12.4 Å². The van der Waals surface area contributed by atoms with Crippen LogP contribution in [0.1, 0.15) is 25.1 Å². The summed E-state index contributed by atoms with van der Waals surface area (Å²) in [5.74, 6) is 2.01. The van der Waals surface area contributed by atoms with Gasteiger partial charge in [0.1, 0.15) is 5.82 Å². The summed E-state index contributed by atoms with van der Waals surface area (Å²) in [6.45, 7) is 5.36. The van der Waals surface area contributed by atoms with Crippen molar-refractivity contribution in [2.45, 2.75) is 38.8 Å². The number of nitrogens with one attached hydrogen (secondary N) is 2. The van der Waals surface area contributed by atoms with E-state index < -0.39 is 0 Å². The molecule has 1 fully saturated rings. The standard InChI is InChI=1S/C19H28FN7.HI/c1-15-22-10-13-26(15)11-4-3-8-24-19(21-2)25-16-7-12-27(14-16)18-17(20)6-5-9-23-18;/h5-6,9-10,13,16H,3-4,7-8,11-12,14H2,1-2H3,(H2,21,24,25);1H. The van der Waals surface area contributed by atoms with E-state index in [1.807, 2.05) is 24.2 Å². The highest BCUT2D eigenvalue weighted by atomic mass is 127. The summed E-state index contributed by atoms with van der Waals surface area (Å²) >= 11 is 0. The summed E-state index contributed by atoms with van der Waals surface area (Å²) in [5.41, 5.74) is 0. The van der Waals surface area contributed by atoms with Crippen LogP contribution in [0.5, 0.6) is 0 Å². The number of aliphatic imine (C=N–C) groups is 1. The molecule has 2 aromatic rings. The smallest absolute Gasteiger partial charge is 0.191 e. The fourth-order valence-corrected chi connectivity index (χ4v) is 3.32. The van der Waals surface area contributed by atoms with Gasteiger partial charge in [-0.25, -0.2) is 14.4 Å². The third kappa shape index (κ3) is 6.05. The van der Waals surface area contributed by atoms with E-state index >= 15 is 0 Å². The predicted molar refractivity (Wildman–Crippen MR) is 121 cm³/mol. The van der Waals surface area contributed by atoms with Crippen LogP contribution in [-0.2, 0) is 6.54 Å². The molecule has 154 valence electrons. The number of rotatable bonds is 7. The van der Waals surface area contributed by atoms with Crippen LogP contribution in [0.4, 0.5) is 10.2 Å². The highest BCUT2D eigenvalue weighted by Crippen LogP contribution is 2.20. The number of hydrogen-bond donors (Lipinski definition) is 2. The van der Waals surface area contributed by atoms with Crippen LogP contribution in [-0.4, -0.2) is 53.2 Å². The van der Waals surface area contributed by atoms with Crippen LogP contribution >= 0.6 is 24.0 Å². The van der Waals surface area contributed by atoms with Gasteiger partial charge in [0.25, 0.3) is 0 Å². The molecule has 0 aliphatic carbocycles. The maximum absolute atomic E-state index is 13.9. The van der Waals surface area contributed by atoms with Crippen molar-refractivity contribution in [3.8, 4) is 0 Å². The van der Waals surface area contributed by atoms with Crippen LogP contribution in [0.3, 0.4) is 0 Å². The van der Waals surface area contributed by atoms with Gasteiger partial charge >= 0.3 is 0 Å². The van der Waals surface area contributed by atoms with Crippen molar-refractivity contribution in [3.63, 3.8) is 0 Å². The average molecular weight is 501 g/mol. The first kappa shape index (κ1) is 22.4. The zero-order valence-corrected chi connectivity index (χ0v) is 18.8. The number of nitrogens with zero attached hydrogens (tertiary/aromatic N) is 5. The van der Waals surface area contributed by atoms with Crippen molar-refractivity contribution in [2.75, 3.05) is 31.6 Å². The number of aryl methyl sites for hydroxylation is 2. The second-order valence-electron chi connectivity index (χ2n) is 6.76. The summed E-state index contributed by atoms with van der Waals surface area (Å²) in [5, 5.41) is 6.79. The Balaban J connectivity index is 0.00000280. The summed E-state index contributed by atoms with van der Waals surface area (Å²) in [4.78, 5) is 14.7. The minimum absolute atomic E-state index is 0. The van der Waals surface area contributed by atoms with Crippen molar-refractivity contribution < 1.29 is 4.39 Å². The zero-order valence-electron chi connectivity index (χ0n) is 16.4. The fraction of sp³-hybridized carbons (Fsp3) is 0.526. The van der Waals surface area contributed by atoms with E-state index in [4.69, 9.17) is 0 Å². The molecular weight excluding hydrogens is 472 g/mol. The predicted octanol–water partition coefficient (Wildman–Crippen LogP) is 2.57. The normalized spacial score (nSPS) is 16.8.